The van der Waals surface area contributed by atoms with Gasteiger partial charge in [0.05, 0.1) is 67.5 Å². The summed E-state index contributed by atoms with van der Waals surface area (Å²) in [6.07, 6.45) is 4.75. The number of amides is 3. The molecule has 3 aromatic carbocycles. The zero-order chi connectivity index (χ0) is 43.5. The largest absolute Gasteiger partial charge is 0.383 e. The number of benzene rings is 3. The van der Waals surface area contributed by atoms with Gasteiger partial charge < -0.3 is 28.9 Å². The highest BCUT2D eigenvalue weighted by molar-refractivity contribution is 6.34. The van der Waals surface area contributed by atoms with Crippen molar-refractivity contribution in [1.82, 2.24) is 34.0 Å². The summed E-state index contributed by atoms with van der Waals surface area (Å²) in [5, 5.41) is 7.28. The number of aryl methyl sites for hydroxylation is 1. The van der Waals surface area contributed by atoms with Crippen molar-refractivity contribution in [1.29, 1.82) is 0 Å². The SMILES string of the molecule is COCCn1cc(-c2ccc(-c3cnc(C(=O)Nc4ccc(C(=O)N5CCN(C(=O)C6CC[N+]7(CC6)CCN(Cc6ccccc6)CC7)CC5)c(Cl)c4)n3C)c(F)c2F)c(C)n1. The molecule has 5 heterocycles. The van der Waals surface area contributed by atoms with Crippen molar-refractivity contribution in [2.45, 2.75) is 32.9 Å². The van der Waals surface area contributed by atoms with Gasteiger partial charge in [0, 0.05) is 107 Å². The van der Waals surface area contributed by atoms with Crippen LogP contribution >= 0.6 is 11.6 Å². The van der Waals surface area contributed by atoms with E-state index >= 15 is 8.78 Å². The van der Waals surface area contributed by atoms with E-state index in [1.165, 1.54) is 41.6 Å². The van der Waals surface area contributed by atoms with Crippen LogP contribution in [0.15, 0.2) is 73.1 Å². The zero-order valence-electron chi connectivity index (χ0n) is 35.5. The molecule has 13 nitrogen and oxygen atoms in total. The number of halogens is 3. The van der Waals surface area contributed by atoms with Crippen LogP contribution in [0.5, 0.6) is 0 Å². The van der Waals surface area contributed by atoms with Crippen LogP contribution < -0.4 is 5.32 Å². The second-order valence-corrected chi connectivity index (χ2v) is 17.1. The minimum atomic E-state index is -1.08. The molecular formula is C46H53ClF2N9O4+. The number of hydrogen-bond acceptors (Lipinski definition) is 7. The highest BCUT2D eigenvalue weighted by Crippen LogP contribution is 2.34. The Morgan fingerprint density at radius 3 is 2.24 bits per heavy atom. The molecule has 3 amide bonds. The molecule has 1 N–H and O–H groups in total. The molecule has 3 aliphatic rings. The lowest BCUT2D eigenvalue weighted by Gasteiger charge is -2.48. The van der Waals surface area contributed by atoms with E-state index in [0.717, 1.165) is 63.1 Å². The van der Waals surface area contributed by atoms with Crippen LogP contribution in [0.25, 0.3) is 22.4 Å². The standard InChI is InChI=1S/C46H52ClF2N9O4/c1-31-38(30-57(52-31)21-26-62-3)35-11-12-37(42(49)41(35)48)40-28-50-43(53(40)2)44(59)51-34-9-10-36(39(47)27-34)46(61)56-17-15-55(16-18-56)45(60)33-13-22-58(23-14-33)24-19-54(20-25-58)29-32-7-5-4-6-8-32/h4-12,27-28,30,33H,13-26,29H2,1-3H3/p+1. The van der Waals surface area contributed by atoms with Gasteiger partial charge in [-0.2, -0.15) is 5.10 Å². The van der Waals surface area contributed by atoms with Gasteiger partial charge >= 0.3 is 0 Å². The Kier molecular flexibility index (Phi) is 12.9. The fourth-order valence-corrected chi connectivity index (χ4v) is 9.42. The molecule has 16 heteroatoms. The topological polar surface area (TPSA) is 118 Å². The number of aromatic nitrogens is 4. The summed E-state index contributed by atoms with van der Waals surface area (Å²) in [7, 11) is 3.11. The lowest BCUT2D eigenvalue weighted by Crippen LogP contribution is -2.63. The Morgan fingerprint density at radius 1 is 0.871 bits per heavy atom. The predicted molar refractivity (Wildman–Crippen MR) is 232 cm³/mol. The van der Waals surface area contributed by atoms with E-state index in [1.807, 2.05) is 4.90 Å². The normalized spacial score (nSPS) is 17.1. The van der Waals surface area contributed by atoms with Crippen molar-refractivity contribution in [2.24, 2.45) is 13.0 Å². The van der Waals surface area contributed by atoms with Crippen LogP contribution in [0.1, 0.15) is 45.1 Å². The molecule has 3 saturated heterocycles. The molecule has 3 aliphatic heterocycles. The van der Waals surface area contributed by atoms with Gasteiger partial charge in [0.2, 0.25) is 5.91 Å². The fourth-order valence-electron chi connectivity index (χ4n) is 9.16. The van der Waals surface area contributed by atoms with E-state index in [1.54, 1.807) is 41.9 Å². The summed E-state index contributed by atoms with van der Waals surface area (Å²) in [4.78, 5) is 51.0. The summed E-state index contributed by atoms with van der Waals surface area (Å²) in [5.41, 5.74) is 3.17. The highest BCUT2D eigenvalue weighted by atomic mass is 35.5. The van der Waals surface area contributed by atoms with Crippen LogP contribution in [0.4, 0.5) is 14.5 Å². The summed E-state index contributed by atoms with van der Waals surface area (Å²) in [6.45, 7) is 11.8. The Bertz CT molecular complexity index is 2430. The third-order valence-corrected chi connectivity index (χ3v) is 13.2. The number of piperidine rings is 1. The number of quaternary nitrogens is 1. The Balaban J connectivity index is 0.825. The summed E-state index contributed by atoms with van der Waals surface area (Å²) in [6, 6.07) is 18.2. The molecule has 1 spiro atoms. The first-order chi connectivity index (χ1) is 29.9. The number of carbonyl (C=O) groups is 3. The molecule has 0 atom stereocenters. The third-order valence-electron chi connectivity index (χ3n) is 12.9. The number of piperazine rings is 2. The molecular weight excluding hydrogens is 816 g/mol. The van der Waals surface area contributed by atoms with Crippen molar-refractivity contribution in [3.05, 3.63) is 112 Å². The van der Waals surface area contributed by atoms with Crippen LogP contribution in [0, 0.1) is 24.5 Å². The molecule has 2 aromatic heterocycles. The highest BCUT2D eigenvalue weighted by Gasteiger charge is 2.40. The number of imidazole rings is 1. The van der Waals surface area contributed by atoms with E-state index in [0.29, 0.717) is 56.3 Å². The minimum absolute atomic E-state index is 0.0204. The molecule has 0 bridgehead atoms. The van der Waals surface area contributed by atoms with E-state index in [2.05, 4.69) is 50.6 Å². The van der Waals surface area contributed by atoms with Crippen molar-refractivity contribution >= 4 is 35.0 Å². The molecule has 5 aromatic rings. The predicted octanol–water partition coefficient (Wildman–Crippen LogP) is 6.12. The number of carbonyl (C=O) groups excluding carboxylic acids is 3. The lowest BCUT2D eigenvalue weighted by molar-refractivity contribution is -0.937. The minimum Gasteiger partial charge on any atom is -0.383 e. The number of methoxy groups -OCH3 is 1. The Morgan fingerprint density at radius 2 is 1.55 bits per heavy atom. The fraction of sp³-hybridized carbons (Fsp3) is 0.413. The second-order valence-electron chi connectivity index (χ2n) is 16.7. The lowest BCUT2D eigenvalue weighted by atomic mass is 9.92. The van der Waals surface area contributed by atoms with Gasteiger partial charge in [0.25, 0.3) is 11.8 Å². The first-order valence-electron chi connectivity index (χ1n) is 21.3. The average Bonchev–Trinajstić information content (AvgIpc) is 3.86. The number of nitrogens with one attached hydrogen (secondary N) is 1. The average molecular weight is 869 g/mol. The van der Waals surface area contributed by atoms with Crippen molar-refractivity contribution in [2.75, 3.05) is 84.5 Å². The van der Waals surface area contributed by atoms with Crippen LogP contribution in [-0.2, 0) is 29.7 Å². The van der Waals surface area contributed by atoms with Gasteiger partial charge in [-0.05, 0) is 36.8 Å². The van der Waals surface area contributed by atoms with E-state index < -0.39 is 17.5 Å². The van der Waals surface area contributed by atoms with Gasteiger partial charge in [-0.15, -0.1) is 0 Å². The maximum atomic E-state index is 15.6. The van der Waals surface area contributed by atoms with E-state index in [-0.39, 0.29) is 51.0 Å². The van der Waals surface area contributed by atoms with Crippen LogP contribution in [0.3, 0.4) is 0 Å². The summed E-state index contributed by atoms with van der Waals surface area (Å²) in [5.74, 6) is -2.81. The Hall–Kier alpha value is -5.48. The van der Waals surface area contributed by atoms with E-state index in [9.17, 15) is 14.4 Å². The molecule has 3 fully saturated rings. The van der Waals surface area contributed by atoms with Crippen molar-refractivity contribution in [3.8, 4) is 22.4 Å². The summed E-state index contributed by atoms with van der Waals surface area (Å²) >= 11 is 6.62. The first-order valence-corrected chi connectivity index (χ1v) is 21.6. The van der Waals surface area contributed by atoms with Gasteiger partial charge in [-0.25, -0.2) is 13.8 Å². The monoisotopic (exact) mass is 868 g/mol. The quantitative estimate of drug-likeness (QED) is 0.159. The molecule has 0 radical (unpaired) electrons. The number of hydrogen-bond donors (Lipinski definition) is 1. The molecule has 8 rings (SSSR count). The molecule has 0 unspecified atom stereocenters. The van der Waals surface area contributed by atoms with Crippen molar-refractivity contribution < 1.29 is 32.4 Å². The summed E-state index contributed by atoms with van der Waals surface area (Å²) < 4.78 is 40.3. The number of nitrogens with zero attached hydrogens (tertiary/aromatic N) is 8. The molecule has 62 heavy (non-hydrogen) atoms. The van der Waals surface area contributed by atoms with Gasteiger partial charge in [-0.1, -0.05) is 48.0 Å². The van der Waals surface area contributed by atoms with Gasteiger partial charge in [0.15, 0.2) is 17.5 Å². The Labute approximate surface area is 365 Å². The smallest absolute Gasteiger partial charge is 0.291 e. The zero-order valence-corrected chi connectivity index (χ0v) is 36.2. The maximum absolute atomic E-state index is 15.6. The van der Waals surface area contributed by atoms with Gasteiger partial charge in [-0.3, -0.25) is 24.0 Å². The van der Waals surface area contributed by atoms with E-state index in [4.69, 9.17) is 16.3 Å². The van der Waals surface area contributed by atoms with Crippen LogP contribution in [-0.4, -0.2) is 135 Å². The number of anilines is 1. The van der Waals surface area contributed by atoms with Crippen LogP contribution in [0.2, 0.25) is 5.02 Å². The molecule has 0 saturated carbocycles. The first kappa shape index (κ1) is 43.2. The maximum Gasteiger partial charge on any atom is 0.291 e. The number of rotatable bonds is 11. The van der Waals surface area contributed by atoms with Crippen molar-refractivity contribution in [3.63, 3.8) is 0 Å². The van der Waals surface area contributed by atoms with Gasteiger partial charge in [0.1, 0.15) is 0 Å². The number of ether oxygens (including phenoxy) is 1. The second kappa shape index (κ2) is 18.5. The molecule has 0 aliphatic carbocycles. The molecule has 326 valence electrons. The third kappa shape index (κ3) is 9.03.